The van der Waals surface area contributed by atoms with Crippen molar-refractivity contribution in [3.63, 3.8) is 0 Å². The van der Waals surface area contributed by atoms with Crippen LogP contribution < -0.4 is 0 Å². The second kappa shape index (κ2) is 17.5. The molecule has 0 radical (unpaired) electrons. The number of fused-ring (bicyclic) bond motifs is 9. The molecule has 1 aliphatic carbocycles. The van der Waals surface area contributed by atoms with Gasteiger partial charge in [0.25, 0.3) is 0 Å². The molecular formula is C73H48N2. The normalized spacial score (nSPS) is 12.9. The van der Waals surface area contributed by atoms with Crippen LogP contribution in [0.1, 0.15) is 22.6 Å². The van der Waals surface area contributed by atoms with Crippen LogP contribution in [-0.2, 0) is 0 Å². The molecule has 0 amide bonds. The second-order valence-electron chi connectivity index (χ2n) is 20.0. The quantitative estimate of drug-likeness (QED) is 0.144. The zero-order valence-electron chi connectivity index (χ0n) is 41.1. The van der Waals surface area contributed by atoms with Gasteiger partial charge in [-0.25, -0.2) is 0 Å². The van der Waals surface area contributed by atoms with Crippen molar-refractivity contribution in [2.75, 3.05) is 0 Å². The van der Waals surface area contributed by atoms with Gasteiger partial charge in [0.1, 0.15) is 0 Å². The van der Waals surface area contributed by atoms with Gasteiger partial charge in [0.15, 0.2) is 0 Å². The first-order valence-electron chi connectivity index (χ1n) is 26.0. The number of rotatable bonds is 8. The topological polar surface area (TPSA) is 9.86 Å². The number of hydrogen-bond acceptors (Lipinski definition) is 0. The summed E-state index contributed by atoms with van der Waals surface area (Å²) >= 11 is 0. The molecule has 350 valence electrons. The molecular weight excluding hydrogens is 905 g/mol. The van der Waals surface area contributed by atoms with E-state index >= 15 is 0 Å². The van der Waals surface area contributed by atoms with Gasteiger partial charge in [-0.1, -0.05) is 206 Å². The Kier molecular flexibility index (Phi) is 9.99. The van der Waals surface area contributed by atoms with Gasteiger partial charge < -0.3 is 9.13 Å². The molecule has 2 aromatic heterocycles. The van der Waals surface area contributed by atoms with E-state index < -0.39 is 0 Å². The molecule has 14 aromatic rings. The summed E-state index contributed by atoms with van der Waals surface area (Å²) in [6.07, 6.45) is 0. The van der Waals surface area contributed by atoms with E-state index in [0.717, 1.165) is 5.69 Å². The number of nitrogens with zero attached hydrogens (tertiary/aromatic N) is 2. The smallest absolute Gasteiger partial charge is 0.0541 e. The summed E-state index contributed by atoms with van der Waals surface area (Å²) in [6, 6.07) is 106. The van der Waals surface area contributed by atoms with E-state index in [9.17, 15) is 0 Å². The molecule has 0 spiro atoms. The van der Waals surface area contributed by atoms with Crippen molar-refractivity contribution in [3.05, 3.63) is 302 Å². The highest BCUT2D eigenvalue weighted by atomic mass is 15.0. The first-order valence-corrected chi connectivity index (χ1v) is 26.0. The first-order chi connectivity index (χ1) is 37.2. The van der Waals surface area contributed by atoms with Crippen LogP contribution in [0.3, 0.4) is 0 Å². The van der Waals surface area contributed by atoms with E-state index in [1.807, 2.05) is 0 Å². The molecule has 0 saturated carbocycles. The summed E-state index contributed by atoms with van der Waals surface area (Å²) in [6.45, 7) is 0. The van der Waals surface area contributed by atoms with Crippen molar-refractivity contribution in [1.82, 2.24) is 9.13 Å². The standard InChI is InChI=1S/C73H48N2/c1-5-19-48(20-6-1)51-34-37-72-67(46-51)63-29-16-18-32-70(63)75(72)60-43-56(50-23-9-3-10-24-50)40-57(44-60)55-39-54(49-21-7-2-8-22-49)41-58(42-55)73-64-30-14-13-27-61(64)66-45-52(33-36-65(66)73)53-35-38-71-68(47-53)62-28-15-17-31-69(62)74(71)59-25-11-4-12-26-59/h1-47,73H. The van der Waals surface area contributed by atoms with Gasteiger partial charge in [0.05, 0.1) is 22.1 Å². The number of aromatic nitrogens is 2. The molecule has 0 bridgehead atoms. The average Bonchev–Trinajstić information content (AvgIpc) is 4.15. The Morgan fingerprint density at radius 1 is 0.213 bits per heavy atom. The van der Waals surface area contributed by atoms with Gasteiger partial charge in [-0.3, -0.25) is 0 Å². The summed E-state index contributed by atoms with van der Waals surface area (Å²) in [5, 5.41) is 4.99. The zero-order chi connectivity index (χ0) is 49.4. The highest BCUT2D eigenvalue weighted by Gasteiger charge is 2.31. The van der Waals surface area contributed by atoms with Crippen molar-refractivity contribution in [2.24, 2.45) is 0 Å². The third-order valence-electron chi connectivity index (χ3n) is 15.7. The Morgan fingerprint density at radius 2 is 0.613 bits per heavy atom. The summed E-state index contributed by atoms with van der Waals surface area (Å²) in [5.74, 6) is 0.0342. The van der Waals surface area contributed by atoms with E-state index in [-0.39, 0.29) is 5.92 Å². The van der Waals surface area contributed by atoms with Crippen molar-refractivity contribution in [2.45, 2.75) is 5.92 Å². The maximum atomic E-state index is 2.47. The number of benzene rings is 12. The van der Waals surface area contributed by atoms with Gasteiger partial charge in [0.2, 0.25) is 0 Å². The van der Waals surface area contributed by atoms with Gasteiger partial charge in [0, 0.05) is 38.8 Å². The zero-order valence-corrected chi connectivity index (χ0v) is 41.1. The molecule has 0 fully saturated rings. The fourth-order valence-corrected chi connectivity index (χ4v) is 12.3. The van der Waals surface area contributed by atoms with Crippen LogP contribution in [0.4, 0.5) is 0 Å². The molecule has 0 saturated heterocycles. The van der Waals surface area contributed by atoms with E-state index in [2.05, 4.69) is 294 Å². The molecule has 1 unspecified atom stereocenters. The maximum Gasteiger partial charge on any atom is 0.0541 e. The highest BCUT2D eigenvalue weighted by molar-refractivity contribution is 6.12. The van der Waals surface area contributed by atoms with Crippen LogP contribution in [0, 0.1) is 0 Å². The minimum Gasteiger partial charge on any atom is -0.309 e. The molecule has 2 heteroatoms. The van der Waals surface area contributed by atoms with Gasteiger partial charge >= 0.3 is 0 Å². The van der Waals surface area contributed by atoms with Crippen LogP contribution >= 0.6 is 0 Å². The van der Waals surface area contributed by atoms with Crippen LogP contribution in [-0.4, -0.2) is 9.13 Å². The number of para-hydroxylation sites is 3. The Balaban J connectivity index is 0.901. The molecule has 1 atom stereocenters. The lowest BCUT2D eigenvalue weighted by Gasteiger charge is -2.19. The molecule has 2 nitrogen and oxygen atoms in total. The first kappa shape index (κ1) is 42.9. The predicted octanol–water partition coefficient (Wildman–Crippen LogP) is 19.4. The van der Waals surface area contributed by atoms with Crippen LogP contribution in [0.5, 0.6) is 0 Å². The average molecular weight is 953 g/mol. The highest BCUT2D eigenvalue weighted by Crippen LogP contribution is 2.51. The third-order valence-corrected chi connectivity index (χ3v) is 15.7. The Morgan fingerprint density at radius 3 is 1.21 bits per heavy atom. The summed E-state index contributed by atoms with van der Waals surface area (Å²) < 4.78 is 4.86. The lowest BCUT2D eigenvalue weighted by molar-refractivity contribution is 1.02. The van der Waals surface area contributed by atoms with Crippen molar-refractivity contribution < 1.29 is 0 Å². The SMILES string of the molecule is c1ccc(-c2cc(-c3cc(-c4ccccc4)cc(-n4c5ccccc5c5cc(-c6ccccc6)ccc54)c3)cc(C3c4ccccc4-c4cc(-c5ccc6c(c5)c5ccccc5n6-c5ccccc5)ccc43)c2)cc1. The monoisotopic (exact) mass is 952 g/mol. The van der Waals surface area contributed by atoms with E-state index in [0.29, 0.717) is 0 Å². The fraction of sp³-hybridized carbons (Fsp3) is 0.0137. The maximum absolute atomic E-state index is 2.47. The molecule has 2 heterocycles. The summed E-state index contributed by atoms with van der Waals surface area (Å²) in [7, 11) is 0. The minimum absolute atomic E-state index is 0.0342. The summed E-state index contributed by atoms with van der Waals surface area (Å²) in [4.78, 5) is 0. The van der Waals surface area contributed by atoms with E-state index in [4.69, 9.17) is 0 Å². The summed E-state index contributed by atoms with van der Waals surface area (Å²) in [5.41, 5.74) is 25.6. The minimum atomic E-state index is 0.0342. The Labute approximate surface area is 436 Å². The van der Waals surface area contributed by atoms with Crippen molar-refractivity contribution in [1.29, 1.82) is 0 Å². The lowest BCUT2D eigenvalue weighted by Crippen LogP contribution is -2.01. The fourth-order valence-electron chi connectivity index (χ4n) is 12.3. The van der Waals surface area contributed by atoms with Gasteiger partial charge in [-0.15, -0.1) is 0 Å². The Hall–Kier alpha value is -9.76. The largest absolute Gasteiger partial charge is 0.309 e. The molecule has 0 N–H and O–H groups in total. The second-order valence-corrected chi connectivity index (χ2v) is 20.0. The third kappa shape index (κ3) is 7.17. The van der Waals surface area contributed by atoms with Crippen LogP contribution in [0.25, 0.3) is 122 Å². The molecule has 0 aliphatic heterocycles. The van der Waals surface area contributed by atoms with Crippen molar-refractivity contribution >= 4 is 43.6 Å². The molecule has 1 aliphatic rings. The molecule has 75 heavy (non-hydrogen) atoms. The molecule has 15 rings (SSSR count). The van der Waals surface area contributed by atoms with Crippen LogP contribution in [0.15, 0.2) is 285 Å². The predicted molar refractivity (Wildman–Crippen MR) is 315 cm³/mol. The van der Waals surface area contributed by atoms with Gasteiger partial charge in [-0.05, 0) is 162 Å². The lowest BCUT2D eigenvalue weighted by atomic mass is 9.85. The van der Waals surface area contributed by atoms with Gasteiger partial charge in [-0.2, -0.15) is 0 Å². The van der Waals surface area contributed by atoms with E-state index in [1.54, 1.807) is 0 Å². The van der Waals surface area contributed by atoms with E-state index in [1.165, 1.54) is 133 Å². The van der Waals surface area contributed by atoms with Crippen LogP contribution in [0.2, 0.25) is 0 Å². The Bertz CT molecular complexity index is 4510. The van der Waals surface area contributed by atoms with Crippen molar-refractivity contribution in [3.8, 4) is 78.1 Å². The number of hydrogen-bond donors (Lipinski definition) is 0. The molecule has 12 aromatic carbocycles.